The number of nitrogens with one attached hydrogen (secondary N) is 3. The number of nitrogens with zero attached hydrogens (tertiary/aromatic N) is 1. The lowest BCUT2D eigenvalue weighted by atomic mass is 10.1. The van der Waals surface area contributed by atoms with E-state index in [1.165, 1.54) is 7.11 Å². The van der Waals surface area contributed by atoms with Crippen LogP contribution in [-0.4, -0.2) is 43.7 Å². The van der Waals surface area contributed by atoms with Gasteiger partial charge in [0.05, 0.1) is 19.1 Å². The number of benzene rings is 1. The molecule has 0 saturated carbocycles. The molecule has 0 spiro atoms. The normalized spacial score (nSPS) is 12.2. The van der Waals surface area contributed by atoms with E-state index in [-0.39, 0.29) is 24.9 Å². The highest BCUT2D eigenvalue weighted by Crippen LogP contribution is 2.11. The molecule has 1 atom stereocenters. The van der Waals surface area contributed by atoms with Gasteiger partial charge in [-0.15, -0.1) is 0 Å². The summed E-state index contributed by atoms with van der Waals surface area (Å²) in [7, 11) is 1.49. The molecule has 0 saturated heterocycles. The molecule has 0 aliphatic carbocycles. The van der Waals surface area contributed by atoms with E-state index in [1.54, 1.807) is 6.92 Å². The Kier molecular flexibility index (Phi) is 8.87. The number of carbonyl (C=O) groups excluding carboxylic acids is 3. The average Bonchev–Trinajstić information content (AvgIpc) is 2.60. The van der Waals surface area contributed by atoms with E-state index in [9.17, 15) is 14.4 Å². The SMILES string of the molecule is COCCNC(=O)C(=O)N/N=C(/C)CC(=O)N[C@@H](C)c1ccccc1. The Balaban J connectivity index is 2.40. The van der Waals surface area contributed by atoms with Gasteiger partial charge in [0.15, 0.2) is 0 Å². The van der Waals surface area contributed by atoms with E-state index in [0.717, 1.165) is 5.56 Å². The van der Waals surface area contributed by atoms with Gasteiger partial charge in [-0.05, 0) is 19.4 Å². The molecule has 0 aliphatic heterocycles. The minimum absolute atomic E-state index is 0.0166. The zero-order valence-corrected chi connectivity index (χ0v) is 14.7. The molecular weight excluding hydrogens is 324 g/mol. The molecule has 0 aliphatic rings. The maximum atomic E-state index is 12.0. The number of hydrogen-bond donors (Lipinski definition) is 3. The maximum Gasteiger partial charge on any atom is 0.329 e. The Hall–Kier alpha value is -2.74. The lowest BCUT2D eigenvalue weighted by Gasteiger charge is -2.14. The van der Waals surface area contributed by atoms with Crippen LogP contribution in [0, 0.1) is 0 Å². The van der Waals surface area contributed by atoms with Gasteiger partial charge in [0.1, 0.15) is 0 Å². The summed E-state index contributed by atoms with van der Waals surface area (Å²) in [6.07, 6.45) is 0.0166. The monoisotopic (exact) mass is 348 g/mol. The van der Waals surface area contributed by atoms with Gasteiger partial charge in [-0.25, -0.2) is 5.43 Å². The van der Waals surface area contributed by atoms with E-state index in [4.69, 9.17) is 4.74 Å². The molecule has 8 heteroatoms. The van der Waals surface area contributed by atoms with Crippen molar-refractivity contribution >= 4 is 23.4 Å². The second-order valence-electron chi connectivity index (χ2n) is 5.41. The first-order valence-corrected chi connectivity index (χ1v) is 7.88. The third-order valence-corrected chi connectivity index (χ3v) is 3.24. The van der Waals surface area contributed by atoms with Crippen molar-refractivity contribution < 1.29 is 19.1 Å². The molecule has 0 aromatic heterocycles. The van der Waals surface area contributed by atoms with Crippen LogP contribution in [0.2, 0.25) is 0 Å². The van der Waals surface area contributed by atoms with Crippen LogP contribution >= 0.6 is 0 Å². The Bertz CT molecular complexity index is 616. The minimum Gasteiger partial charge on any atom is -0.383 e. The number of amides is 3. The summed E-state index contributed by atoms with van der Waals surface area (Å²) in [5.74, 6) is -1.93. The fourth-order valence-corrected chi connectivity index (χ4v) is 1.93. The van der Waals surface area contributed by atoms with Crippen LogP contribution in [0.15, 0.2) is 35.4 Å². The molecule has 0 bridgehead atoms. The van der Waals surface area contributed by atoms with E-state index in [2.05, 4.69) is 21.2 Å². The molecule has 0 unspecified atom stereocenters. The van der Waals surface area contributed by atoms with Crippen molar-refractivity contribution in [3.63, 3.8) is 0 Å². The van der Waals surface area contributed by atoms with Crippen molar-refractivity contribution in [1.82, 2.24) is 16.1 Å². The van der Waals surface area contributed by atoms with Crippen molar-refractivity contribution in [2.24, 2.45) is 5.10 Å². The van der Waals surface area contributed by atoms with Gasteiger partial charge in [0.2, 0.25) is 5.91 Å². The summed E-state index contributed by atoms with van der Waals surface area (Å²) in [6.45, 7) is 4.01. The molecule has 3 amide bonds. The molecule has 136 valence electrons. The highest BCUT2D eigenvalue weighted by molar-refractivity contribution is 6.35. The summed E-state index contributed by atoms with van der Waals surface area (Å²) in [5.41, 5.74) is 3.49. The smallest absolute Gasteiger partial charge is 0.329 e. The van der Waals surface area contributed by atoms with Crippen LogP contribution in [0.25, 0.3) is 0 Å². The molecule has 1 aromatic carbocycles. The number of methoxy groups -OCH3 is 1. The third-order valence-electron chi connectivity index (χ3n) is 3.24. The number of rotatable bonds is 8. The second-order valence-corrected chi connectivity index (χ2v) is 5.41. The number of ether oxygens (including phenoxy) is 1. The highest BCUT2D eigenvalue weighted by atomic mass is 16.5. The predicted octanol–water partition coefficient (Wildman–Crippen LogP) is 0.509. The topological polar surface area (TPSA) is 109 Å². The Morgan fingerprint density at radius 1 is 1.16 bits per heavy atom. The van der Waals surface area contributed by atoms with Crippen molar-refractivity contribution in [3.8, 4) is 0 Å². The van der Waals surface area contributed by atoms with Crippen molar-refractivity contribution in [1.29, 1.82) is 0 Å². The van der Waals surface area contributed by atoms with Crippen LogP contribution < -0.4 is 16.1 Å². The zero-order chi connectivity index (χ0) is 18.7. The molecule has 0 fully saturated rings. The highest BCUT2D eigenvalue weighted by Gasteiger charge is 2.13. The molecule has 0 radical (unpaired) electrons. The molecule has 8 nitrogen and oxygen atoms in total. The number of carbonyl (C=O) groups is 3. The molecule has 25 heavy (non-hydrogen) atoms. The lowest BCUT2D eigenvalue weighted by molar-refractivity contribution is -0.139. The number of hydrazone groups is 1. The van der Waals surface area contributed by atoms with Gasteiger partial charge in [-0.1, -0.05) is 30.3 Å². The second kappa shape index (κ2) is 10.9. The van der Waals surface area contributed by atoms with Gasteiger partial charge in [0, 0.05) is 19.4 Å². The van der Waals surface area contributed by atoms with Crippen LogP contribution in [0.1, 0.15) is 31.9 Å². The summed E-state index contributed by atoms with van der Waals surface area (Å²) in [6, 6.07) is 9.42. The Morgan fingerprint density at radius 3 is 2.48 bits per heavy atom. The van der Waals surface area contributed by atoms with Crippen LogP contribution in [0.5, 0.6) is 0 Å². The Morgan fingerprint density at radius 2 is 1.84 bits per heavy atom. The fourth-order valence-electron chi connectivity index (χ4n) is 1.93. The summed E-state index contributed by atoms with van der Waals surface area (Å²) in [4.78, 5) is 34.9. The first kappa shape index (κ1) is 20.3. The lowest BCUT2D eigenvalue weighted by Crippen LogP contribution is -2.39. The van der Waals surface area contributed by atoms with Crippen LogP contribution in [0.3, 0.4) is 0 Å². The number of hydrogen-bond acceptors (Lipinski definition) is 5. The van der Waals surface area contributed by atoms with E-state index < -0.39 is 11.8 Å². The minimum atomic E-state index is -0.895. The van der Waals surface area contributed by atoms with Gasteiger partial charge >= 0.3 is 11.8 Å². The zero-order valence-electron chi connectivity index (χ0n) is 14.7. The molecule has 0 heterocycles. The van der Waals surface area contributed by atoms with Gasteiger partial charge < -0.3 is 15.4 Å². The summed E-state index contributed by atoms with van der Waals surface area (Å²) in [5, 5.41) is 8.97. The van der Waals surface area contributed by atoms with Gasteiger partial charge in [0.25, 0.3) is 0 Å². The van der Waals surface area contributed by atoms with Crippen molar-refractivity contribution in [2.45, 2.75) is 26.3 Å². The summed E-state index contributed by atoms with van der Waals surface area (Å²) >= 11 is 0. The van der Waals surface area contributed by atoms with Gasteiger partial charge in [-0.2, -0.15) is 5.10 Å². The quantitative estimate of drug-likeness (QED) is 0.275. The van der Waals surface area contributed by atoms with Crippen molar-refractivity contribution in [2.75, 3.05) is 20.3 Å². The summed E-state index contributed by atoms with van der Waals surface area (Å²) < 4.78 is 4.76. The van der Waals surface area contributed by atoms with Gasteiger partial charge in [-0.3, -0.25) is 14.4 Å². The Labute approximate surface area is 147 Å². The van der Waals surface area contributed by atoms with Crippen LogP contribution in [-0.2, 0) is 19.1 Å². The molecule has 1 rings (SSSR count). The molecule has 1 aromatic rings. The standard InChI is InChI=1S/C17H24N4O4/c1-12(20-21-17(24)16(23)18-9-10-25-3)11-15(22)19-13(2)14-7-5-4-6-8-14/h4-8,13H,9-11H2,1-3H3,(H,18,23)(H,19,22)(H,21,24)/b20-12-/t13-/m0/s1. The molecular formula is C17H24N4O4. The van der Waals surface area contributed by atoms with E-state index >= 15 is 0 Å². The van der Waals surface area contributed by atoms with E-state index in [0.29, 0.717) is 12.3 Å². The third kappa shape index (κ3) is 8.07. The first-order valence-electron chi connectivity index (χ1n) is 7.88. The fraction of sp³-hybridized carbons (Fsp3) is 0.412. The van der Waals surface area contributed by atoms with Crippen LogP contribution in [0.4, 0.5) is 0 Å². The average molecular weight is 348 g/mol. The van der Waals surface area contributed by atoms with E-state index in [1.807, 2.05) is 37.3 Å². The maximum absolute atomic E-state index is 12.0. The van der Waals surface area contributed by atoms with Crippen molar-refractivity contribution in [3.05, 3.63) is 35.9 Å². The largest absolute Gasteiger partial charge is 0.383 e. The first-order chi connectivity index (χ1) is 11.9. The predicted molar refractivity (Wildman–Crippen MR) is 93.8 cm³/mol. The molecule has 3 N–H and O–H groups in total.